The van der Waals surface area contributed by atoms with Crippen molar-refractivity contribution >= 4 is 11.6 Å². The number of hydrogen-bond acceptors (Lipinski definition) is 5. The number of carbonyl (C=O) groups excluding carboxylic acids is 1. The quantitative estimate of drug-likeness (QED) is 0.611. The predicted octanol–water partition coefficient (Wildman–Crippen LogP) is 3.64. The lowest BCUT2D eigenvalue weighted by atomic mass is 10.1. The second-order valence-corrected chi connectivity index (χ2v) is 7.82. The van der Waals surface area contributed by atoms with Crippen LogP contribution >= 0.6 is 0 Å². The van der Waals surface area contributed by atoms with Crippen LogP contribution in [0.5, 0.6) is 5.88 Å². The summed E-state index contributed by atoms with van der Waals surface area (Å²) in [6.07, 6.45) is 3.01. The molecule has 10 heteroatoms. The van der Waals surface area contributed by atoms with Crippen LogP contribution in [0.15, 0.2) is 30.5 Å². The molecular formula is C23H22F2N6O2. The third-order valence-corrected chi connectivity index (χ3v) is 5.63. The Kier molecular flexibility index (Phi) is 6.07. The van der Waals surface area contributed by atoms with Crippen LogP contribution in [-0.2, 0) is 0 Å². The first-order chi connectivity index (χ1) is 15.8. The molecule has 0 spiro atoms. The Hall–Kier alpha value is -3.84. The normalized spacial score (nSPS) is 15.9. The van der Waals surface area contributed by atoms with Gasteiger partial charge in [-0.25, -0.2) is 23.6 Å². The van der Waals surface area contributed by atoms with Crippen molar-refractivity contribution in [2.24, 2.45) is 5.73 Å². The van der Waals surface area contributed by atoms with E-state index in [1.165, 1.54) is 37.6 Å². The van der Waals surface area contributed by atoms with Gasteiger partial charge in [0.1, 0.15) is 17.3 Å². The Balaban J connectivity index is 1.88. The number of nitrogens with zero attached hydrogens (tertiary/aromatic N) is 5. The molecule has 33 heavy (non-hydrogen) atoms. The van der Waals surface area contributed by atoms with E-state index in [1.807, 2.05) is 0 Å². The summed E-state index contributed by atoms with van der Waals surface area (Å²) < 4.78 is 35.3. The van der Waals surface area contributed by atoms with Crippen molar-refractivity contribution in [3.05, 3.63) is 64.9 Å². The summed E-state index contributed by atoms with van der Waals surface area (Å²) in [6, 6.07) is 5.14. The number of benzene rings is 1. The molecule has 3 aromatic rings. The summed E-state index contributed by atoms with van der Waals surface area (Å²) in [7, 11) is 1.31. The van der Waals surface area contributed by atoms with Crippen molar-refractivity contribution in [2.75, 3.05) is 20.2 Å². The molecule has 2 N–H and O–H groups in total. The molecule has 1 atom stereocenters. The average molecular weight is 452 g/mol. The summed E-state index contributed by atoms with van der Waals surface area (Å²) in [5.41, 5.74) is 7.12. The van der Waals surface area contributed by atoms with Crippen LogP contribution in [0.4, 0.5) is 14.5 Å². The second-order valence-electron chi connectivity index (χ2n) is 7.82. The summed E-state index contributed by atoms with van der Waals surface area (Å²) in [4.78, 5) is 26.6. The van der Waals surface area contributed by atoms with Gasteiger partial charge >= 0.3 is 0 Å². The number of ether oxygens (including phenoxy) is 1. The van der Waals surface area contributed by atoms with Crippen LogP contribution < -0.4 is 10.5 Å². The van der Waals surface area contributed by atoms with E-state index in [0.29, 0.717) is 24.3 Å². The van der Waals surface area contributed by atoms with Crippen LogP contribution in [0.2, 0.25) is 0 Å². The monoisotopic (exact) mass is 452 g/mol. The maximum atomic E-state index is 14.5. The van der Waals surface area contributed by atoms with Gasteiger partial charge < -0.3 is 15.4 Å². The van der Waals surface area contributed by atoms with E-state index in [2.05, 4.69) is 14.8 Å². The van der Waals surface area contributed by atoms with E-state index < -0.39 is 11.6 Å². The lowest BCUT2D eigenvalue weighted by Gasteiger charge is -2.30. The number of halogens is 2. The smallest absolute Gasteiger partial charge is 0.274 e. The highest BCUT2D eigenvalue weighted by Crippen LogP contribution is 2.31. The number of likely N-dealkylation sites (tertiary alicyclic amines) is 1. The fourth-order valence-corrected chi connectivity index (χ4v) is 3.98. The van der Waals surface area contributed by atoms with Crippen LogP contribution in [-0.4, -0.2) is 51.6 Å². The van der Waals surface area contributed by atoms with Gasteiger partial charge in [-0.1, -0.05) is 12.1 Å². The minimum atomic E-state index is -0.719. The largest absolute Gasteiger partial charge is 0.479 e. The van der Waals surface area contributed by atoms with E-state index in [0.717, 1.165) is 12.8 Å². The number of methoxy groups -OCH3 is 1. The second kappa shape index (κ2) is 8.96. The van der Waals surface area contributed by atoms with E-state index in [9.17, 15) is 13.6 Å². The molecule has 0 bridgehead atoms. The number of aromatic nitrogens is 3. The van der Waals surface area contributed by atoms with E-state index in [4.69, 9.17) is 17.0 Å². The number of nitrogens with two attached hydrogens (primary N) is 1. The Morgan fingerprint density at radius 3 is 2.73 bits per heavy atom. The summed E-state index contributed by atoms with van der Waals surface area (Å²) in [6.45, 7) is 9.71. The van der Waals surface area contributed by atoms with Gasteiger partial charge in [0.05, 0.1) is 31.3 Å². The van der Waals surface area contributed by atoms with Gasteiger partial charge in [-0.3, -0.25) is 9.36 Å². The number of pyridine rings is 1. The van der Waals surface area contributed by atoms with Gasteiger partial charge in [0.25, 0.3) is 5.91 Å². The maximum absolute atomic E-state index is 14.5. The number of hydrogen-bond donors (Lipinski definition) is 1. The zero-order valence-electron chi connectivity index (χ0n) is 18.2. The molecule has 1 amide bonds. The van der Waals surface area contributed by atoms with Crippen LogP contribution in [0.1, 0.15) is 29.0 Å². The Labute approximate surface area is 189 Å². The standard InChI is InChI=1S/C23H22F2N6O2/c1-13-20(23(32)30-8-4-5-15(26)12-30)29-21(14-6-7-19(27-2)17(24)9-14)31(13)16-10-18(25)22(33-3)28-11-16/h6-7,9-11,15H,4-5,8,12,26H2,1,3H3/t15-/m0/s1. The molecule has 1 aliphatic heterocycles. The molecule has 0 aliphatic carbocycles. The van der Waals surface area contributed by atoms with E-state index >= 15 is 0 Å². The summed E-state index contributed by atoms with van der Waals surface area (Å²) in [5, 5.41) is 0. The molecule has 1 fully saturated rings. The molecule has 1 aliphatic rings. The lowest BCUT2D eigenvalue weighted by molar-refractivity contribution is 0.0702. The summed E-state index contributed by atoms with van der Waals surface area (Å²) >= 11 is 0. The highest BCUT2D eigenvalue weighted by Gasteiger charge is 2.29. The molecule has 0 radical (unpaired) electrons. The topological polar surface area (TPSA) is 90.6 Å². The van der Waals surface area contributed by atoms with Gasteiger partial charge in [-0.05, 0) is 25.8 Å². The minimum absolute atomic E-state index is 0.111. The predicted molar refractivity (Wildman–Crippen MR) is 117 cm³/mol. The first kappa shape index (κ1) is 22.4. The summed E-state index contributed by atoms with van der Waals surface area (Å²) in [5.74, 6) is -1.67. The van der Waals surface area contributed by atoms with E-state index in [-0.39, 0.29) is 40.7 Å². The van der Waals surface area contributed by atoms with Crippen molar-refractivity contribution in [2.45, 2.75) is 25.8 Å². The van der Waals surface area contributed by atoms with Gasteiger partial charge in [-0.15, -0.1) is 0 Å². The number of amides is 1. The number of rotatable bonds is 4. The molecule has 170 valence electrons. The van der Waals surface area contributed by atoms with Crippen LogP contribution in [0.3, 0.4) is 0 Å². The number of imidazole rings is 1. The van der Waals surface area contributed by atoms with Crippen molar-refractivity contribution in [1.29, 1.82) is 0 Å². The zero-order chi connectivity index (χ0) is 23.7. The van der Waals surface area contributed by atoms with Gasteiger partial charge in [0.15, 0.2) is 5.82 Å². The van der Waals surface area contributed by atoms with E-state index in [1.54, 1.807) is 16.4 Å². The third kappa shape index (κ3) is 4.15. The number of piperidine rings is 1. The SMILES string of the molecule is [C-]#[N+]c1ccc(-c2nc(C(=O)N3CCC[C@H](N)C3)c(C)n2-c2cnc(OC)c(F)c2)cc1F. The molecule has 1 saturated heterocycles. The van der Waals surface area contributed by atoms with Gasteiger partial charge in [0, 0.05) is 30.8 Å². The van der Waals surface area contributed by atoms with Crippen molar-refractivity contribution < 1.29 is 18.3 Å². The molecule has 0 unspecified atom stereocenters. The fraction of sp³-hybridized carbons (Fsp3) is 0.304. The Morgan fingerprint density at radius 2 is 2.09 bits per heavy atom. The first-order valence-corrected chi connectivity index (χ1v) is 10.4. The molecule has 4 rings (SSSR count). The number of carbonyl (C=O) groups is 1. The Morgan fingerprint density at radius 1 is 1.30 bits per heavy atom. The molecule has 3 heterocycles. The molecule has 2 aromatic heterocycles. The van der Waals surface area contributed by atoms with Crippen LogP contribution in [0.25, 0.3) is 21.9 Å². The van der Waals surface area contributed by atoms with Crippen molar-refractivity contribution in [1.82, 2.24) is 19.4 Å². The van der Waals surface area contributed by atoms with Crippen molar-refractivity contribution in [3.63, 3.8) is 0 Å². The van der Waals surface area contributed by atoms with Gasteiger partial charge in [0.2, 0.25) is 11.6 Å². The minimum Gasteiger partial charge on any atom is -0.479 e. The molecule has 8 nitrogen and oxygen atoms in total. The highest BCUT2D eigenvalue weighted by atomic mass is 19.1. The lowest BCUT2D eigenvalue weighted by Crippen LogP contribution is -2.46. The van der Waals surface area contributed by atoms with Crippen molar-refractivity contribution in [3.8, 4) is 23.0 Å². The highest BCUT2D eigenvalue weighted by molar-refractivity contribution is 5.94. The van der Waals surface area contributed by atoms with Gasteiger partial charge in [-0.2, -0.15) is 0 Å². The third-order valence-electron chi connectivity index (χ3n) is 5.63. The van der Waals surface area contributed by atoms with Crippen LogP contribution in [0, 0.1) is 25.1 Å². The average Bonchev–Trinajstić information content (AvgIpc) is 3.15. The Bertz CT molecular complexity index is 1270. The molecular weight excluding hydrogens is 430 g/mol. The fourth-order valence-electron chi connectivity index (χ4n) is 3.98. The zero-order valence-corrected chi connectivity index (χ0v) is 18.2. The maximum Gasteiger partial charge on any atom is 0.274 e. The first-order valence-electron chi connectivity index (χ1n) is 10.4. The molecule has 0 saturated carbocycles. The molecule has 1 aromatic carbocycles.